The van der Waals surface area contributed by atoms with E-state index in [1.165, 1.54) is 12.5 Å². The second kappa shape index (κ2) is 7.63. The van der Waals surface area contributed by atoms with Crippen molar-refractivity contribution in [1.29, 1.82) is 0 Å². The van der Waals surface area contributed by atoms with Crippen LogP contribution in [0.15, 0.2) is 12.5 Å². The van der Waals surface area contributed by atoms with E-state index in [1.54, 1.807) is 9.88 Å². The van der Waals surface area contributed by atoms with Crippen molar-refractivity contribution in [3.05, 3.63) is 18.1 Å². The molecule has 3 rings (SSSR count). The van der Waals surface area contributed by atoms with Gasteiger partial charge in [0.2, 0.25) is 0 Å². The number of nitrogen functional groups attached to an aromatic ring is 1. The number of carbonyl (C=O) groups excluding carboxylic acids is 1. The van der Waals surface area contributed by atoms with Gasteiger partial charge in [-0.2, -0.15) is 13.2 Å². The number of ether oxygens (including phenoxy) is 1. The molecule has 9 nitrogen and oxygen atoms in total. The molecule has 0 radical (unpaired) electrons. The molecule has 3 atom stereocenters. The normalized spacial score (nSPS) is 22.1. The summed E-state index contributed by atoms with van der Waals surface area (Å²) in [6.07, 6.45) is -4.33. The van der Waals surface area contributed by atoms with E-state index in [-0.39, 0.29) is 18.8 Å². The maximum absolute atomic E-state index is 12.2. The van der Waals surface area contributed by atoms with Crippen LogP contribution in [0.4, 0.5) is 19.0 Å². The van der Waals surface area contributed by atoms with Crippen LogP contribution in [-0.2, 0) is 9.53 Å². The molecule has 1 amide bonds. The lowest BCUT2D eigenvalue weighted by Crippen LogP contribution is -2.36. The van der Waals surface area contributed by atoms with Gasteiger partial charge < -0.3 is 30.6 Å². The molecule has 1 saturated heterocycles. The SMILES string of the molecule is Nc1ncnc2c1c(C#CCNC(=O)C(F)(F)F)cn2C1CC(O)C(CO)O1. The van der Waals surface area contributed by atoms with Gasteiger partial charge in [-0.05, 0) is 0 Å². The lowest BCUT2D eigenvalue weighted by Gasteiger charge is -2.14. The molecule has 0 spiro atoms. The smallest absolute Gasteiger partial charge is 0.394 e. The monoisotopic (exact) mass is 399 g/mol. The van der Waals surface area contributed by atoms with Gasteiger partial charge in [-0.15, -0.1) is 0 Å². The largest absolute Gasteiger partial charge is 0.471 e. The first-order chi connectivity index (χ1) is 13.2. The first kappa shape index (κ1) is 19.9. The molecule has 0 aromatic carbocycles. The fraction of sp³-hybridized carbons (Fsp3) is 0.438. The van der Waals surface area contributed by atoms with Crippen LogP contribution >= 0.6 is 0 Å². The molecule has 3 unspecified atom stereocenters. The third kappa shape index (κ3) is 3.86. The number of rotatable bonds is 3. The quantitative estimate of drug-likeness (QED) is 0.520. The first-order valence-electron chi connectivity index (χ1n) is 8.11. The predicted molar refractivity (Wildman–Crippen MR) is 89.5 cm³/mol. The average molecular weight is 399 g/mol. The van der Waals surface area contributed by atoms with Crippen molar-refractivity contribution in [3.63, 3.8) is 0 Å². The van der Waals surface area contributed by atoms with Crippen molar-refractivity contribution in [1.82, 2.24) is 19.9 Å². The van der Waals surface area contributed by atoms with Crippen LogP contribution in [0.1, 0.15) is 18.2 Å². The van der Waals surface area contributed by atoms with Crippen LogP contribution in [0, 0.1) is 11.8 Å². The summed E-state index contributed by atoms with van der Waals surface area (Å²) < 4.78 is 43.7. The highest BCUT2D eigenvalue weighted by Crippen LogP contribution is 2.33. The number of nitrogens with zero attached hydrogens (tertiary/aromatic N) is 3. The molecule has 0 aliphatic carbocycles. The third-order valence-corrected chi connectivity index (χ3v) is 4.15. The number of anilines is 1. The molecule has 0 saturated carbocycles. The van der Waals surface area contributed by atoms with Crippen LogP contribution in [0.25, 0.3) is 11.0 Å². The lowest BCUT2D eigenvalue weighted by atomic mass is 10.2. The molecule has 1 aliphatic heterocycles. The van der Waals surface area contributed by atoms with Gasteiger partial charge in [0.05, 0.1) is 30.2 Å². The summed E-state index contributed by atoms with van der Waals surface area (Å²) >= 11 is 0. The highest BCUT2D eigenvalue weighted by molar-refractivity contribution is 5.92. The first-order valence-corrected chi connectivity index (χ1v) is 8.11. The standard InChI is InChI=1S/C16H16F3N5O4/c17-16(18,19)15(27)21-3-1-2-8-5-24(11-4-9(26)10(6-25)28-11)14-12(8)13(20)22-7-23-14/h5,7,9-11,25-26H,3-4,6H2,(H,21,27)(H2,20,22,23). The van der Waals surface area contributed by atoms with Gasteiger partial charge in [-0.3, -0.25) is 4.79 Å². The number of halogens is 3. The zero-order chi connectivity index (χ0) is 20.5. The van der Waals surface area contributed by atoms with Crippen LogP contribution in [0.2, 0.25) is 0 Å². The van der Waals surface area contributed by atoms with E-state index in [9.17, 15) is 28.2 Å². The summed E-state index contributed by atoms with van der Waals surface area (Å²) in [6.45, 7) is -0.886. The summed E-state index contributed by atoms with van der Waals surface area (Å²) in [7, 11) is 0. The minimum Gasteiger partial charge on any atom is -0.394 e. The zero-order valence-electron chi connectivity index (χ0n) is 14.3. The summed E-state index contributed by atoms with van der Waals surface area (Å²) in [4.78, 5) is 18.8. The minimum absolute atomic E-state index is 0.102. The molecule has 150 valence electrons. The minimum atomic E-state index is -4.99. The number of nitrogens with one attached hydrogen (secondary N) is 1. The van der Waals surface area contributed by atoms with E-state index < -0.39 is 37.1 Å². The Morgan fingerprint density at radius 3 is 2.86 bits per heavy atom. The number of carbonyl (C=O) groups is 1. The number of alkyl halides is 3. The number of nitrogens with two attached hydrogens (primary N) is 1. The van der Waals surface area contributed by atoms with Crippen LogP contribution in [-0.4, -0.2) is 62.2 Å². The van der Waals surface area contributed by atoms with E-state index in [0.717, 1.165) is 0 Å². The second-order valence-corrected chi connectivity index (χ2v) is 6.00. The molecule has 2 aromatic heterocycles. The van der Waals surface area contributed by atoms with Crippen LogP contribution < -0.4 is 11.1 Å². The van der Waals surface area contributed by atoms with Crippen molar-refractivity contribution >= 4 is 22.8 Å². The van der Waals surface area contributed by atoms with Crippen LogP contribution in [0.3, 0.4) is 0 Å². The molecule has 1 fully saturated rings. The van der Waals surface area contributed by atoms with Crippen molar-refractivity contribution in [2.24, 2.45) is 0 Å². The summed E-state index contributed by atoms with van der Waals surface area (Å²) in [5.41, 5.74) is 6.55. The molecule has 3 heterocycles. The molecule has 2 aromatic rings. The van der Waals surface area contributed by atoms with Gasteiger partial charge in [0, 0.05) is 12.6 Å². The summed E-state index contributed by atoms with van der Waals surface area (Å²) in [5, 5.41) is 21.2. The number of aromatic nitrogens is 3. The van der Waals surface area contributed by atoms with Crippen molar-refractivity contribution < 1.29 is 32.9 Å². The predicted octanol–water partition coefficient (Wildman–Crippen LogP) is -0.316. The maximum atomic E-state index is 12.2. The number of hydrogen-bond acceptors (Lipinski definition) is 7. The Bertz CT molecular complexity index is 949. The number of hydrogen-bond donors (Lipinski definition) is 4. The molecule has 0 bridgehead atoms. The van der Waals surface area contributed by atoms with Crippen molar-refractivity contribution in [3.8, 4) is 11.8 Å². The second-order valence-electron chi connectivity index (χ2n) is 6.00. The average Bonchev–Trinajstić information content (AvgIpc) is 3.18. The van der Waals surface area contributed by atoms with Crippen molar-refractivity contribution in [2.75, 3.05) is 18.9 Å². The fourth-order valence-electron chi connectivity index (χ4n) is 2.84. The summed E-state index contributed by atoms with van der Waals surface area (Å²) in [6, 6.07) is 0. The topological polar surface area (TPSA) is 136 Å². The van der Waals surface area contributed by atoms with Crippen molar-refractivity contribution in [2.45, 2.75) is 31.0 Å². The number of fused-ring (bicyclic) bond motifs is 1. The molecule has 12 heteroatoms. The van der Waals surface area contributed by atoms with Gasteiger partial charge in [-0.1, -0.05) is 11.8 Å². The number of aliphatic hydroxyl groups is 2. The molecule has 5 N–H and O–H groups in total. The Hall–Kier alpha value is -2.88. The van der Waals surface area contributed by atoms with Gasteiger partial charge in [0.15, 0.2) is 0 Å². The Morgan fingerprint density at radius 2 is 2.21 bits per heavy atom. The zero-order valence-corrected chi connectivity index (χ0v) is 14.3. The molecular weight excluding hydrogens is 383 g/mol. The van der Waals surface area contributed by atoms with E-state index >= 15 is 0 Å². The third-order valence-electron chi connectivity index (χ3n) is 4.15. The van der Waals surface area contributed by atoms with Gasteiger partial charge >= 0.3 is 12.1 Å². The Morgan fingerprint density at radius 1 is 1.46 bits per heavy atom. The van der Waals surface area contributed by atoms with E-state index in [2.05, 4.69) is 21.8 Å². The fourth-order valence-corrected chi connectivity index (χ4v) is 2.84. The van der Waals surface area contributed by atoms with Gasteiger partial charge in [-0.25, -0.2) is 9.97 Å². The number of amides is 1. The van der Waals surface area contributed by atoms with E-state index in [4.69, 9.17) is 10.5 Å². The maximum Gasteiger partial charge on any atom is 0.471 e. The lowest BCUT2D eigenvalue weighted by molar-refractivity contribution is -0.173. The van der Waals surface area contributed by atoms with E-state index in [1.807, 2.05) is 0 Å². The Balaban J connectivity index is 1.88. The van der Waals surface area contributed by atoms with Gasteiger partial charge in [0.25, 0.3) is 0 Å². The highest BCUT2D eigenvalue weighted by atomic mass is 19.4. The van der Waals surface area contributed by atoms with E-state index in [0.29, 0.717) is 16.6 Å². The molecular formula is C16H16F3N5O4. The molecule has 28 heavy (non-hydrogen) atoms. The summed E-state index contributed by atoms with van der Waals surface area (Å²) in [5.74, 6) is 3.07. The van der Waals surface area contributed by atoms with Crippen LogP contribution in [0.5, 0.6) is 0 Å². The Kier molecular flexibility index (Phi) is 5.41. The number of aliphatic hydroxyl groups excluding tert-OH is 2. The molecule has 1 aliphatic rings. The van der Waals surface area contributed by atoms with Gasteiger partial charge in [0.1, 0.15) is 30.1 Å². The Labute approximate surface area is 156 Å². The highest BCUT2D eigenvalue weighted by Gasteiger charge is 2.38.